The first-order valence-corrected chi connectivity index (χ1v) is 10.6. The molecule has 0 unspecified atom stereocenters. The van der Waals surface area contributed by atoms with Crippen LogP contribution in [0.4, 0.5) is 5.13 Å². The van der Waals surface area contributed by atoms with Crippen molar-refractivity contribution in [2.75, 3.05) is 37.6 Å². The molecule has 4 rings (SSSR count). The molecular formula is C23H25N3OS. The van der Waals surface area contributed by atoms with E-state index < -0.39 is 0 Å². The highest BCUT2D eigenvalue weighted by Crippen LogP contribution is 2.35. The summed E-state index contributed by atoms with van der Waals surface area (Å²) in [6.45, 7) is 9.30. The van der Waals surface area contributed by atoms with Gasteiger partial charge in [-0.2, -0.15) is 0 Å². The molecule has 0 bridgehead atoms. The number of hydrogen-bond acceptors (Lipinski definition) is 5. The van der Waals surface area contributed by atoms with Gasteiger partial charge in [-0.3, -0.25) is 4.79 Å². The van der Waals surface area contributed by atoms with Crippen molar-refractivity contribution in [1.29, 1.82) is 0 Å². The molecule has 5 heteroatoms. The van der Waals surface area contributed by atoms with Crippen LogP contribution in [0.15, 0.2) is 54.6 Å². The quantitative estimate of drug-likeness (QED) is 0.601. The number of carbonyl (C=O) groups is 1. The molecule has 1 aromatic heterocycles. The third-order valence-corrected chi connectivity index (χ3v) is 6.39. The van der Waals surface area contributed by atoms with Gasteiger partial charge in [0, 0.05) is 37.3 Å². The summed E-state index contributed by atoms with van der Waals surface area (Å²) in [6, 6.07) is 17.8. The predicted molar refractivity (Wildman–Crippen MR) is 116 cm³/mol. The van der Waals surface area contributed by atoms with Crippen molar-refractivity contribution < 1.29 is 4.79 Å². The Bertz CT molecular complexity index is 942. The van der Waals surface area contributed by atoms with Crippen LogP contribution >= 0.6 is 11.3 Å². The Kier molecular flexibility index (Phi) is 5.55. The highest BCUT2D eigenvalue weighted by molar-refractivity contribution is 7.18. The number of carbonyl (C=O) groups excluding carboxylic acids is 1. The Hall–Kier alpha value is -2.50. The van der Waals surface area contributed by atoms with Gasteiger partial charge in [-0.25, -0.2) is 4.98 Å². The topological polar surface area (TPSA) is 36.4 Å². The maximum atomic E-state index is 13.3. The molecule has 0 spiro atoms. The fraction of sp³-hybridized carbons (Fsp3) is 0.304. The molecule has 28 heavy (non-hydrogen) atoms. The number of aryl methyl sites for hydroxylation is 1. The van der Waals surface area contributed by atoms with Gasteiger partial charge >= 0.3 is 0 Å². The molecule has 0 atom stereocenters. The number of likely N-dealkylation sites (N-methyl/N-ethyl adjacent to an activating group) is 1. The lowest BCUT2D eigenvalue weighted by molar-refractivity contribution is 0.104. The zero-order chi connectivity index (χ0) is 19.5. The number of aromatic nitrogens is 1. The normalized spacial score (nSPS) is 15.0. The van der Waals surface area contributed by atoms with Crippen LogP contribution in [0.2, 0.25) is 0 Å². The number of thiazole rings is 1. The largest absolute Gasteiger partial charge is 0.345 e. The number of ketones is 1. The highest BCUT2D eigenvalue weighted by Gasteiger charge is 2.25. The van der Waals surface area contributed by atoms with Gasteiger partial charge in [-0.1, -0.05) is 78.4 Å². The zero-order valence-corrected chi connectivity index (χ0v) is 17.2. The van der Waals surface area contributed by atoms with E-state index in [1.165, 1.54) is 11.3 Å². The van der Waals surface area contributed by atoms with E-state index in [1.54, 1.807) is 0 Å². The minimum atomic E-state index is 0.0507. The van der Waals surface area contributed by atoms with Gasteiger partial charge in [0.25, 0.3) is 0 Å². The maximum absolute atomic E-state index is 13.3. The first-order chi connectivity index (χ1) is 13.7. The molecule has 0 amide bonds. The van der Waals surface area contributed by atoms with Crippen molar-refractivity contribution in [2.24, 2.45) is 0 Å². The third-order valence-electron chi connectivity index (χ3n) is 5.27. The van der Waals surface area contributed by atoms with Crippen molar-refractivity contribution in [3.63, 3.8) is 0 Å². The summed E-state index contributed by atoms with van der Waals surface area (Å²) in [4.78, 5) is 23.7. The third kappa shape index (κ3) is 3.86. The second-order valence-corrected chi connectivity index (χ2v) is 8.13. The first kappa shape index (κ1) is 18.8. The lowest BCUT2D eigenvalue weighted by Gasteiger charge is -2.33. The van der Waals surface area contributed by atoms with E-state index in [-0.39, 0.29) is 5.78 Å². The maximum Gasteiger partial charge on any atom is 0.205 e. The first-order valence-electron chi connectivity index (χ1n) is 9.80. The van der Waals surface area contributed by atoms with E-state index in [0.29, 0.717) is 5.56 Å². The van der Waals surface area contributed by atoms with E-state index in [1.807, 2.05) is 61.5 Å². The molecular weight excluding hydrogens is 366 g/mol. The Morgan fingerprint density at radius 1 is 1.00 bits per heavy atom. The number of nitrogens with zero attached hydrogens (tertiary/aromatic N) is 3. The van der Waals surface area contributed by atoms with E-state index in [4.69, 9.17) is 4.98 Å². The second-order valence-electron chi connectivity index (χ2n) is 7.16. The molecule has 2 aromatic carbocycles. The lowest BCUT2D eigenvalue weighted by Crippen LogP contribution is -2.46. The molecule has 0 N–H and O–H groups in total. The van der Waals surface area contributed by atoms with Gasteiger partial charge in [0.05, 0.1) is 5.69 Å². The van der Waals surface area contributed by atoms with Crippen molar-refractivity contribution >= 4 is 22.3 Å². The summed E-state index contributed by atoms with van der Waals surface area (Å²) in [5.41, 5.74) is 3.66. The van der Waals surface area contributed by atoms with Gasteiger partial charge < -0.3 is 9.80 Å². The van der Waals surface area contributed by atoms with Crippen LogP contribution in [-0.2, 0) is 0 Å². The number of anilines is 1. The van der Waals surface area contributed by atoms with Crippen LogP contribution < -0.4 is 4.90 Å². The van der Waals surface area contributed by atoms with Crippen LogP contribution in [0.1, 0.15) is 27.7 Å². The minimum absolute atomic E-state index is 0.0507. The summed E-state index contributed by atoms with van der Waals surface area (Å²) in [6.07, 6.45) is 0. The standard InChI is InChI=1S/C23H25N3OS/c1-3-25-13-15-26(16-14-25)23-24-20(18-7-5-4-6-8-18)22(28-23)21(27)19-11-9-17(2)10-12-19/h4-12H,3,13-16H2,1-2H3. The fourth-order valence-corrected chi connectivity index (χ4v) is 4.58. The summed E-state index contributed by atoms with van der Waals surface area (Å²) < 4.78 is 0. The van der Waals surface area contributed by atoms with Gasteiger partial charge in [0.2, 0.25) is 5.78 Å². The number of hydrogen-bond donors (Lipinski definition) is 0. The van der Waals surface area contributed by atoms with E-state index >= 15 is 0 Å². The van der Waals surface area contributed by atoms with E-state index in [2.05, 4.69) is 16.7 Å². The second kappa shape index (κ2) is 8.25. The van der Waals surface area contributed by atoms with E-state index in [9.17, 15) is 4.79 Å². The molecule has 2 heterocycles. The van der Waals surface area contributed by atoms with Crippen molar-refractivity contribution in [3.05, 3.63) is 70.6 Å². The smallest absolute Gasteiger partial charge is 0.205 e. The van der Waals surface area contributed by atoms with Crippen LogP contribution in [0.5, 0.6) is 0 Å². The number of rotatable bonds is 5. The lowest BCUT2D eigenvalue weighted by atomic mass is 10.0. The van der Waals surface area contributed by atoms with Gasteiger partial charge in [-0.15, -0.1) is 0 Å². The van der Waals surface area contributed by atoms with Crippen LogP contribution in [0.3, 0.4) is 0 Å². The average molecular weight is 392 g/mol. The number of piperazine rings is 1. The van der Waals surface area contributed by atoms with Crippen molar-refractivity contribution in [1.82, 2.24) is 9.88 Å². The Morgan fingerprint density at radius 2 is 1.68 bits per heavy atom. The molecule has 144 valence electrons. The van der Waals surface area contributed by atoms with Crippen LogP contribution in [0, 0.1) is 6.92 Å². The van der Waals surface area contributed by atoms with Crippen molar-refractivity contribution in [3.8, 4) is 11.3 Å². The molecule has 1 saturated heterocycles. The molecule has 0 saturated carbocycles. The molecule has 4 nitrogen and oxygen atoms in total. The Morgan fingerprint density at radius 3 is 2.32 bits per heavy atom. The average Bonchev–Trinajstić information content (AvgIpc) is 3.20. The fourth-order valence-electron chi connectivity index (χ4n) is 3.48. The monoisotopic (exact) mass is 391 g/mol. The molecule has 3 aromatic rings. The summed E-state index contributed by atoms with van der Waals surface area (Å²) in [7, 11) is 0. The molecule has 1 aliphatic heterocycles. The van der Waals surface area contributed by atoms with E-state index in [0.717, 1.165) is 59.6 Å². The number of benzene rings is 2. The molecule has 0 radical (unpaired) electrons. The molecule has 1 fully saturated rings. The Labute approximate surface area is 170 Å². The highest BCUT2D eigenvalue weighted by atomic mass is 32.1. The van der Waals surface area contributed by atoms with Crippen molar-refractivity contribution in [2.45, 2.75) is 13.8 Å². The van der Waals surface area contributed by atoms with Gasteiger partial charge in [-0.05, 0) is 13.5 Å². The molecule has 0 aliphatic carbocycles. The van der Waals surface area contributed by atoms with Gasteiger partial charge in [0.15, 0.2) is 5.13 Å². The van der Waals surface area contributed by atoms with Crippen LogP contribution in [0.25, 0.3) is 11.3 Å². The zero-order valence-electron chi connectivity index (χ0n) is 16.4. The molecule has 1 aliphatic rings. The van der Waals surface area contributed by atoms with Gasteiger partial charge in [0.1, 0.15) is 4.88 Å². The minimum Gasteiger partial charge on any atom is -0.345 e. The summed E-state index contributed by atoms with van der Waals surface area (Å²) >= 11 is 1.52. The Balaban J connectivity index is 1.71. The SMILES string of the molecule is CCN1CCN(c2nc(-c3ccccc3)c(C(=O)c3ccc(C)cc3)s2)CC1. The summed E-state index contributed by atoms with van der Waals surface area (Å²) in [5, 5.41) is 0.949. The summed E-state index contributed by atoms with van der Waals surface area (Å²) in [5.74, 6) is 0.0507. The predicted octanol–water partition coefficient (Wildman–Crippen LogP) is 4.49. The van der Waals surface area contributed by atoms with Crippen LogP contribution in [-0.4, -0.2) is 48.4 Å².